The Hall–Kier alpha value is 0.0969. The van der Waals surface area contributed by atoms with Gasteiger partial charge in [-0.05, 0) is 6.04 Å². The second-order valence-corrected chi connectivity index (χ2v) is 4.40. The van der Waals surface area contributed by atoms with E-state index in [0.29, 0.717) is 0 Å². The fourth-order valence-electron chi connectivity index (χ4n) is 1.17. The van der Waals surface area contributed by atoms with Gasteiger partial charge in [0, 0.05) is 20.6 Å². The lowest BCUT2D eigenvalue weighted by molar-refractivity contribution is -0.324. The zero-order valence-electron chi connectivity index (χ0n) is 9.26. The second kappa shape index (κ2) is 7.50. The topological polar surface area (TPSA) is 27.7 Å². The van der Waals surface area contributed by atoms with Crippen molar-refractivity contribution in [1.29, 1.82) is 0 Å². The van der Waals surface area contributed by atoms with E-state index in [1.165, 1.54) is 18.9 Å². The largest absolute Gasteiger partial charge is 0.376 e. The molecule has 0 N–H and O–H groups in total. The summed E-state index contributed by atoms with van der Waals surface area (Å²) >= 11 is 0. The first-order valence-electron chi connectivity index (χ1n) is 4.99. The summed E-state index contributed by atoms with van der Waals surface area (Å²) in [5, 5.41) is 0. The highest BCUT2D eigenvalue weighted by molar-refractivity contribution is 6.27. The molecule has 0 aromatic carbocycles. The SMILES string of the molecule is CCCC[SiH2]OC(CC)(OC)OC. The van der Waals surface area contributed by atoms with Crippen LogP contribution in [0.5, 0.6) is 0 Å². The highest BCUT2D eigenvalue weighted by Gasteiger charge is 2.27. The average Bonchev–Trinajstić information content (AvgIpc) is 2.20. The van der Waals surface area contributed by atoms with Crippen LogP contribution in [0, 0.1) is 0 Å². The van der Waals surface area contributed by atoms with E-state index in [1.807, 2.05) is 6.92 Å². The summed E-state index contributed by atoms with van der Waals surface area (Å²) < 4.78 is 16.1. The number of rotatable bonds is 8. The Balaban J connectivity index is 3.68. The Morgan fingerprint density at radius 3 is 2.15 bits per heavy atom. The van der Waals surface area contributed by atoms with Gasteiger partial charge in [0.05, 0.1) is 0 Å². The van der Waals surface area contributed by atoms with Gasteiger partial charge in [0.2, 0.25) is 0 Å². The molecule has 80 valence electrons. The van der Waals surface area contributed by atoms with Crippen LogP contribution in [0.1, 0.15) is 33.1 Å². The molecule has 3 nitrogen and oxygen atoms in total. The summed E-state index contributed by atoms with van der Waals surface area (Å²) in [5.41, 5.74) is 0. The van der Waals surface area contributed by atoms with Crippen LogP contribution in [0.3, 0.4) is 0 Å². The zero-order chi connectivity index (χ0) is 10.2. The fourth-order valence-corrected chi connectivity index (χ4v) is 2.77. The molecule has 13 heavy (non-hydrogen) atoms. The van der Waals surface area contributed by atoms with Gasteiger partial charge in [0.15, 0.2) is 9.76 Å². The third kappa shape index (κ3) is 4.76. The maximum absolute atomic E-state index is 5.67. The van der Waals surface area contributed by atoms with Crippen LogP contribution < -0.4 is 0 Å². The molecule has 0 atom stereocenters. The molecule has 0 aliphatic carbocycles. The van der Waals surface area contributed by atoms with Crippen LogP contribution >= 0.6 is 0 Å². The van der Waals surface area contributed by atoms with Crippen molar-refractivity contribution in [3.63, 3.8) is 0 Å². The Kier molecular flexibility index (Phi) is 7.55. The predicted molar refractivity (Wildman–Crippen MR) is 56.4 cm³/mol. The first-order chi connectivity index (χ1) is 6.24. The van der Waals surface area contributed by atoms with Crippen molar-refractivity contribution < 1.29 is 13.9 Å². The minimum absolute atomic E-state index is 0.487. The lowest BCUT2D eigenvalue weighted by Gasteiger charge is -2.29. The molecular weight excluding hydrogens is 184 g/mol. The number of hydrogen-bond donors (Lipinski definition) is 0. The summed E-state index contributed by atoms with van der Waals surface area (Å²) in [4.78, 5) is 0. The molecule has 0 spiro atoms. The second-order valence-electron chi connectivity index (χ2n) is 3.00. The van der Waals surface area contributed by atoms with E-state index in [1.54, 1.807) is 14.2 Å². The molecule has 0 saturated heterocycles. The minimum atomic E-state index is -0.764. The number of methoxy groups -OCH3 is 2. The van der Waals surface area contributed by atoms with Crippen LogP contribution in [0.25, 0.3) is 0 Å². The van der Waals surface area contributed by atoms with E-state index < -0.39 is 15.7 Å². The summed E-state index contributed by atoms with van der Waals surface area (Å²) in [6.45, 7) is 4.19. The van der Waals surface area contributed by atoms with Gasteiger partial charge in [-0.1, -0.05) is 26.7 Å². The molecule has 0 rings (SSSR count). The Labute approximate surface area is 83.7 Å². The third-order valence-electron chi connectivity index (χ3n) is 2.12. The van der Waals surface area contributed by atoms with Gasteiger partial charge in [-0.2, -0.15) is 0 Å². The van der Waals surface area contributed by atoms with Crippen molar-refractivity contribution in [3.05, 3.63) is 0 Å². The van der Waals surface area contributed by atoms with Crippen molar-refractivity contribution in [2.75, 3.05) is 14.2 Å². The molecule has 0 bridgehead atoms. The lowest BCUT2D eigenvalue weighted by atomic mass is 10.4. The van der Waals surface area contributed by atoms with Crippen LogP contribution in [0.2, 0.25) is 6.04 Å². The normalized spacial score (nSPS) is 12.9. The molecular formula is C9H22O3Si. The lowest BCUT2D eigenvalue weighted by Crippen LogP contribution is -2.37. The maximum atomic E-state index is 5.67. The van der Waals surface area contributed by atoms with Crippen LogP contribution in [0.15, 0.2) is 0 Å². The third-order valence-corrected chi connectivity index (χ3v) is 3.56. The molecule has 0 aliphatic rings. The molecule has 0 radical (unpaired) electrons. The molecule has 0 unspecified atom stereocenters. The van der Waals surface area contributed by atoms with E-state index >= 15 is 0 Å². The molecule has 0 aliphatic heterocycles. The standard InChI is InChI=1S/C9H22O3Si/c1-5-7-8-13-12-9(6-2,10-3)11-4/h5-8,13H2,1-4H3. The molecule has 0 aromatic heterocycles. The minimum Gasteiger partial charge on any atom is -0.376 e. The predicted octanol–water partition coefficient (Wildman–Crippen LogP) is 1.66. The number of unbranched alkanes of at least 4 members (excludes halogenated alkanes) is 1. The summed E-state index contributed by atoms with van der Waals surface area (Å²) in [6, 6.07) is 1.20. The quantitative estimate of drug-likeness (QED) is 0.343. The van der Waals surface area contributed by atoms with Gasteiger partial charge >= 0.3 is 0 Å². The van der Waals surface area contributed by atoms with Crippen molar-refractivity contribution in [2.45, 2.75) is 45.1 Å². The molecule has 0 heterocycles. The Morgan fingerprint density at radius 2 is 1.77 bits per heavy atom. The van der Waals surface area contributed by atoms with Crippen molar-refractivity contribution in [1.82, 2.24) is 0 Å². The molecule has 0 amide bonds. The van der Waals surface area contributed by atoms with Crippen LogP contribution in [-0.4, -0.2) is 30.0 Å². The smallest absolute Gasteiger partial charge is 0.272 e. The Bertz CT molecular complexity index is 107. The maximum Gasteiger partial charge on any atom is 0.272 e. The Morgan fingerprint density at radius 1 is 1.15 bits per heavy atom. The van der Waals surface area contributed by atoms with Crippen LogP contribution in [0.4, 0.5) is 0 Å². The fraction of sp³-hybridized carbons (Fsp3) is 1.00. The summed E-state index contributed by atoms with van der Waals surface area (Å²) in [6.07, 6.45) is 3.22. The molecule has 0 saturated carbocycles. The monoisotopic (exact) mass is 206 g/mol. The molecule has 0 aromatic rings. The zero-order valence-corrected chi connectivity index (χ0v) is 10.7. The van der Waals surface area contributed by atoms with Crippen molar-refractivity contribution >= 4 is 9.76 Å². The highest BCUT2D eigenvalue weighted by atomic mass is 28.2. The van der Waals surface area contributed by atoms with Gasteiger partial charge in [0.1, 0.15) is 0 Å². The van der Waals surface area contributed by atoms with Gasteiger partial charge in [-0.3, -0.25) is 0 Å². The number of hydrogen-bond acceptors (Lipinski definition) is 3. The van der Waals surface area contributed by atoms with E-state index in [0.717, 1.165) is 6.42 Å². The van der Waals surface area contributed by atoms with Gasteiger partial charge in [-0.25, -0.2) is 0 Å². The van der Waals surface area contributed by atoms with Crippen molar-refractivity contribution in [3.8, 4) is 0 Å². The summed E-state index contributed by atoms with van der Waals surface area (Å²) in [5.74, 6) is -0.764. The highest BCUT2D eigenvalue weighted by Crippen LogP contribution is 2.17. The molecule has 0 fully saturated rings. The van der Waals surface area contributed by atoms with E-state index in [4.69, 9.17) is 13.9 Å². The summed E-state index contributed by atoms with van der Waals surface area (Å²) in [7, 11) is 2.77. The van der Waals surface area contributed by atoms with E-state index in [9.17, 15) is 0 Å². The van der Waals surface area contributed by atoms with Crippen LogP contribution in [-0.2, 0) is 13.9 Å². The van der Waals surface area contributed by atoms with E-state index in [2.05, 4.69) is 6.92 Å². The van der Waals surface area contributed by atoms with Gasteiger partial charge < -0.3 is 13.9 Å². The van der Waals surface area contributed by atoms with E-state index in [-0.39, 0.29) is 0 Å². The first-order valence-corrected chi connectivity index (χ1v) is 6.56. The van der Waals surface area contributed by atoms with Gasteiger partial charge in [-0.15, -0.1) is 0 Å². The average molecular weight is 206 g/mol. The molecule has 4 heteroatoms. The first kappa shape index (κ1) is 13.1. The van der Waals surface area contributed by atoms with Crippen molar-refractivity contribution in [2.24, 2.45) is 0 Å². The number of ether oxygens (including phenoxy) is 2. The van der Waals surface area contributed by atoms with Gasteiger partial charge in [0.25, 0.3) is 5.97 Å².